The van der Waals surface area contributed by atoms with Crippen LogP contribution < -0.4 is 0 Å². The highest BCUT2D eigenvalue weighted by molar-refractivity contribution is 7.90. The standard InChI is InChI=1S/C20H23N3O4S2/c1-15-11-13-22(14-12-15)28(24,25)17-7-9-18(10-8-17)29(26,27)23-16(2)21-19-5-3-4-6-20(19)23/h3-10,15H,11-14H2,1-2H3. The average molecular weight is 434 g/mol. The molecule has 1 fully saturated rings. The monoisotopic (exact) mass is 433 g/mol. The average Bonchev–Trinajstić information content (AvgIpc) is 3.05. The van der Waals surface area contributed by atoms with Crippen LogP contribution in [0, 0.1) is 12.8 Å². The summed E-state index contributed by atoms with van der Waals surface area (Å²) >= 11 is 0. The molecule has 1 aliphatic heterocycles. The van der Waals surface area contributed by atoms with Crippen LogP contribution in [-0.4, -0.2) is 43.2 Å². The topological polar surface area (TPSA) is 89.3 Å². The minimum atomic E-state index is -3.90. The maximum Gasteiger partial charge on any atom is 0.269 e. The molecule has 0 amide bonds. The quantitative estimate of drug-likeness (QED) is 0.631. The second kappa shape index (κ2) is 7.23. The molecule has 2 heterocycles. The predicted molar refractivity (Wildman–Crippen MR) is 111 cm³/mol. The molecule has 2 aromatic carbocycles. The summed E-state index contributed by atoms with van der Waals surface area (Å²) in [5.74, 6) is 0.868. The van der Waals surface area contributed by atoms with Gasteiger partial charge in [-0.1, -0.05) is 19.1 Å². The molecule has 1 aliphatic rings. The summed E-state index contributed by atoms with van der Waals surface area (Å²) in [6, 6.07) is 12.4. The Bertz CT molecular complexity index is 1250. The minimum Gasteiger partial charge on any atom is -0.232 e. The largest absolute Gasteiger partial charge is 0.269 e. The number of aryl methyl sites for hydroxylation is 1. The number of fused-ring (bicyclic) bond motifs is 1. The van der Waals surface area contributed by atoms with E-state index in [-0.39, 0.29) is 9.79 Å². The summed E-state index contributed by atoms with van der Waals surface area (Å²) in [6.45, 7) is 4.73. The molecule has 3 aromatic rings. The van der Waals surface area contributed by atoms with E-state index >= 15 is 0 Å². The number of nitrogens with zero attached hydrogens (tertiary/aromatic N) is 3. The van der Waals surface area contributed by atoms with Crippen molar-refractivity contribution in [3.05, 3.63) is 54.4 Å². The molecule has 4 rings (SSSR count). The summed E-state index contributed by atoms with van der Waals surface area (Å²) in [5, 5.41) is 0. The molecule has 9 heteroatoms. The van der Waals surface area contributed by atoms with Crippen LogP contribution in [0.15, 0.2) is 58.3 Å². The fourth-order valence-corrected chi connectivity index (χ4v) is 6.65. The number of para-hydroxylation sites is 2. The van der Waals surface area contributed by atoms with E-state index in [9.17, 15) is 16.8 Å². The third-order valence-electron chi connectivity index (χ3n) is 5.42. The number of benzene rings is 2. The summed E-state index contributed by atoms with van der Waals surface area (Å²) in [5.41, 5.74) is 1.08. The van der Waals surface area contributed by atoms with E-state index in [1.54, 1.807) is 31.2 Å². The van der Waals surface area contributed by atoms with Crippen LogP contribution in [0.3, 0.4) is 0 Å². The highest BCUT2D eigenvalue weighted by atomic mass is 32.2. The molecule has 154 valence electrons. The molecule has 29 heavy (non-hydrogen) atoms. The Morgan fingerprint density at radius 2 is 1.41 bits per heavy atom. The summed E-state index contributed by atoms with van der Waals surface area (Å²) < 4.78 is 54.8. The van der Waals surface area contributed by atoms with E-state index in [1.807, 2.05) is 0 Å². The van der Waals surface area contributed by atoms with Crippen LogP contribution in [0.4, 0.5) is 0 Å². The van der Waals surface area contributed by atoms with Gasteiger partial charge in [0.15, 0.2) is 0 Å². The number of hydrogen-bond donors (Lipinski definition) is 0. The van der Waals surface area contributed by atoms with Crippen LogP contribution >= 0.6 is 0 Å². The first-order chi connectivity index (χ1) is 13.7. The molecular formula is C20H23N3O4S2. The van der Waals surface area contributed by atoms with Gasteiger partial charge in [0.25, 0.3) is 10.0 Å². The lowest BCUT2D eigenvalue weighted by atomic mass is 10.0. The number of sulfonamides is 1. The van der Waals surface area contributed by atoms with Gasteiger partial charge in [0.05, 0.1) is 20.8 Å². The third kappa shape index (κ3) is 3.47. The summed E-state index contributed by atoms with van der Waals surface area (Å²) in [6.07, 6.45) is 1.66. The first-order valence-electron chi connectivity index (χ1n) is 9.51. The van der Waals surface area contributed by atoms with Gasteiger partial charge in [0, 0.05) is 13.1 Å². The predicted octanol–water partition coefficient (Wildman–Crippen LogP) is 3.00. The van der Waals surface area contributed by atoms with Crippen LogP contribution in [0.5, 0.6) is 0 Å². The lowest BCUT2D eigenvalue weighted by Crippen LogP contribution is -2.37. The SMILES string of the molecule is Cc1nc2ccccc2n1S(=O)(=O)c1ccc(S(=O)(=O)N2CCC(C)CC2)cc1. The van der Waals surface area contributed by atoms with Gasteiger partial charge in [0.1, 0.15) is 5.82 Å². The van der Waals surface area contributed by atoms with Crippen molar-refractivity contribution in [3.8, 4) is 0 Å². The van der Waals surface area contributed by atoms with Gasteiger partial charge < -0.3 is 0 Å². The minimum absolute atomic E-state index is 0.0231. The molecule has 1 saturated heterocycles. The Kier molecular flexibility index (Phi) is 5.00. The van der Waals surface area contributed by atoms with Gasteiger partial charge in [0.2, 0.25) is 10.0 Å². The molecule has 0 spiro atoms. The van der Waals surface area contributed by atoms with Gasteiger partial charge in [-0.15, -0.1) is 0 Å². The Balaban J connectivity index is 1.69. The zero-order chi connectivity index (χ0) is 20.8. The van der Waals surface area contributed by atoms with Crippen molar-refractivity contribution >= 4 is 31.1 Å². The van der Waals surface area contributed by atoms with Crippen molar-refractivity contribution in [1.29, 1.82) is 0 Å². The Morgan fingerprint density at radius 3 is 2.03 bits per heavy atom. The molecule has 0 aliphatic carbocycles. The van der Waals surface area contributed by atoms with E-state index in [4.69, 9.17) is 0 Å². The number of imidazole rings is 1. The number of hydrogen-bond acceptors (Lipinski definition) is 5. The van der Waals surface area contributed by atoms with Crippen LogP contribution in [0.1, 0.15) is 25.6 Å². The fourth-order valence-electron chi connectivity index (χ4n) is 3.69. The molecule has 1 aromatic heterocycles. The van der Waals surface area contributed by atoms with Crippen molar-refractivity contribution in [2.45, 2.75) is 36.5 Å². The molecule has 7 nitrogen and oxygen atoms in total. The Morgan fingerprint density at radius 1 is 0.862 bits per heavy atom. The van der Waals surface area contributed by atoms with Gasteiger partial charge in [-0.25, -0.2) is 25.8 Å². The molecule has 0 bridgehead atoms. The van der Waals surface area contributed by atoms with E-state index < -0.39 is 20.0 Å². The first-order valence-corrected chi connectivity index (χ1v) is 12.4. The zero-order valence-electron chi connectivity index (χ0n) is 16.3. The van der Waals surface area contributed by atoms with E-state index in [1.165, 1.54) is 32.5 Å². The molecule has 0 radical (unpaired) electrons. The Hall–Kier alpha value is -2.23. The smallest absolute Gasteiger partial charge is 0.232 e. The molecular weight excluding hydrogens is 410 g/mol. The number of piperidine rings is 1. The van der Waals surface area contributed by atoms with Crippen molar-refractivity contribution < 1.29 is 16.8 Å². The van der Waals surface area contributed by atoms with Gasteiger partial charge >= 0.3 is 0 Å². The zero-order valence-corrected chi connectivity index (χ0v) is 17.9. The van der Waals surface area contributed by atoms with Crippen LogP contribution in [0.2, 0.25) is 0 Å². The fraction of sp³-hybridized carbons (Fsp3) is 0.350. The number of aromatic nitrogens is 2. The lowest BCUT2D eigenvalue weighted by Gasteiger charge is -2.29. The van der Waals surface area contributed by atoms with Crippen molar-refractivity contribution in [1.82, 2.24) is 13.3 Å². The highest BCUT2D eigenvalue weighted by Crippen LogP contribution is 2.26. The van der Waals surface area contributed by atoms with Crippen LogP contribution in [0.25, 0.3) is 11.0 Å². The van der Waals surface area contributed by atoms with Crippen LogP contribution in [-0.2, 0) is 20.0 Å². The first kappa shape index (κ1) is 20.1. The van der Waals surface area contributed by atoms with Crippen molar-refractivity contribution in [2.75, 3.05) is 13.1 Å². The second-order valence-electron chi connectivity index (χ2n) is 7.48. The molecule has 0 atom stereocenters. The van der Waals surface area contributed by atoms with Gasteiger partial charge in [-0.05, 0) is 62.1 Å². The highest BCUT2D eigenvalue weighted by Gasteiger charge is 2.29. The maximum atomic E-state index is 13.2. The Labute approximate surface area is 171 Å². The molecule has 0 unspecified atom stereocenters. The van der Waals surface area contributed by atoms with Crippen molar-refractivity contribution in [2.24, 2.45) is 5.92 Å². The molecule has 0 saturated carbocycles. The maximum absolute atomic E-state index is 13.2. The second-order valence-corrected chi connectivity index (χ2v) is 11.2. The van der Waals surface area contributed by atoms with Gasteiger partial charge in [-0.2, -0.15) is 4.31 Å². The summed E-state index contributed by atoms with van der Waals surface area (Å²) in [7, 11) is -7.53. The normalized spacial score (nSPS) is 17.0. The number of rotatable bonds is 4. The lowest BCUT2D eigenvalue weighted by molar-refractivity contribution is 0.288. The third-order valence-corrected chi connectivity index (χ3v) is 9.14. The van der Waals surface area contributed by atoms with E-state index in [0.29, 0.717) is 35.9 Å². The summed E-state index contributed by atoms with van der Waals surface area (Å²) in [4.78, 5) is 4.44. The van der Waals surface area contributed by atoms with E-state index in [0.717, 1.165) is 12.8 Å². The van der Waals surface area contributed by atoms with Crippen molar-refractivity contribution in [3.63, 3.8) is 0 Å². The van der Waals surface area contributed by atoms with Gasteiger partial charge in [-0.3, -0.25) is 0 Å². The molecule has 0 N–H and O–H groups in total. The van der Waals surface area contributed by atoms with E-state index in [2.05, 4.69) is 11.9 Å².